The molecule has 0 aromatic rings. The molecule has 1 N–H and O–H groups in total. The molecule has 2 atom stereocenters. The van der Waals surface area contributed by atoms with Gasteiger partial charge in [-0.3, -0.25) is 4.90 Å². The minimum Gasteiger partial charge on any atom is -0.309 e. The van der Waals surface area contributed by atoms with Crippen LogP contribution in [0.1, 0.15) is 26.7 Å². The summed E-state index contributed by atoms with van der Waals surface area (Å²) in [7, 11) is 0. The summed E-state index contributed by atoms with van der Waals surface area (Å²) in [6, 6.07) is 1.37. The highest BCUT2D eigenvalue weighted by atomic mass is 15.2. The molecular formula is C10H20N2. The second kappa shape index (κ2) is 3.35. The Balaban J connectivity index is 1.79. The Morgan fingerprint density at radius 1 is 1.17 bits per heavy atom. The van der Waals surface area contributed by atoms with E-state index < -0.39 is 0 Å². The summed E-state index contributed by atoms with van der Waals surface area (Å²) in [6.45, 7) is 8.43. The van der Waals surface area contributed by atoms with Gasteiger partial charge in [-0.25, -0.2) is 0 Å². The van der Waals surface area contributed by atoms with Crippen molar-refractivity contribution in [2.45, 2.75) is 38.8 Å². The van der Waals surface area contributed by atoms with Crippen molar-refractivity contribution in [2.24, 2.45) is 5.92 Å². The third-order valence-electron chi connectivity index (χ3n) is 2.85. The maximum atomic E-state index is 3.56. The molecule has 1 saturated heterocycles. The van der Waals surface area contributed by atoms with Crippen LogP contribution in [0.5, 0.6) is 0 Å². The Kier molecular flexibility index (Phi) is 2.37. The van der Waals surface area contributed by atoms with Crippen LogP contribution in [0.25, 0.3) is 0 Å². The summed E-state index contributed by atoms with van der Waals surface area (Å²) < 4.78 is 0. The SMILES string of the molecule is CC1CN(CC2CC2)CC(C)N1. The van der Waals surface area contributed by atoms with Gasteiger partial charge in [0.2, 0.25) is 0 Å². The van der Waals surface area contributed by atoms with E-state index in [0.717, 1.165) is 5.92 Å². The number of piperazine rings is 1. The fourth-order valence-electron chi connectivity index (χ4n) is 2.25. The van der Waals surface area contributed by atoms with E-state index in [1.54, 1.807) is 0 Å². The van der Waals surface area contributed by atoms with Gasteiger partial charge in [-0.15, -0.1) is 0 Å². The van der Waals surface area contributed by atoms with Gasteiger partial charge in [0, 0.05) is 31.7 Å². The Hall–Kier alpha value is -0.0800. The van der Waals surface area contributed by atoms with Gasteiger partial charge >= 0.3 is 0 Å². The van der Waals surface area contributed by atoms with Gasteiger partial charge in [-0.05, 0) is 32.6 Å². The molecule has 1 aliphatic carbocycles. The monoisotopic (exact) mass is 168 g/mol. The number of rotatable bonds is 2. The minimum absolute atomic E-state index is 0.687. The van der Waals surface area contributed by atoms with E-state index in [1.165, 1.54) is 32.5 Å². The molecule has 0 spiro atoms. The first-order valence-electron chi connectivity index (χ1n) is 5.22. The lowest BCUT2D eigenvalue weighted by Crippen LogP contribution is -2.54. The molecule has 1 saturated carbocycles. The van der Waals surface area contributed by atoms with E-state index in [1.807, 2.05) is 0 Å². The number of nitrogens with zero attached hydrogens (tertiary/aromatic N) is 1. The van der Waals surface area contributed by atoms with E-state index in [4.69, 9.17) is 0 Å². The van der Waals surface area contributed by atoms with Crippen molar-refractivity contribution in [2.75, 3.05) is 19.6 Å². The lowest BCUT2D eigenvalue weighted by atomic mass is 10.1. The molecular weight excluding hydrogens is 148 g/mol. The second-order valence-electron chi connectivity index (χ2n) is 4.63. The van der Waals surface area contributed by atoms with Gasteiger partial charge < -0.3 is 5.32 Å². The number of hydrogen-bond acceptors (Lipinski definition) is 2. The quantitative estimate of drug-likeness (QED) is 0.663. The van der Waals surface area contributed by atoms with Gasteiger partial charge in [-0.1, -0.05) is 0 Å². The molecule has 2 unspecified atom stereocenters. The zero-order valence-electron chi connectivity index (χ0n) is 8.21. The van der Waals surface area contributed by atoms with Crippen LogP contribution in [0.2, 0.25) is 0 Å². The van der Waals surface area contributed by atoms with Gasteiger partial charge in [0.15, 0.2) is 0 Å². The van der Waals surface area contributed by atoms with Gasteiger partial charge in [0.1, 0.15) is 0 Å². The molecule has 1 aliphatic heterocycles. The topological polar surface area (TPSA) is 15.3 Å². The fraction of sp³-hybridized carbons (Fsp3) is 1.00. The number of nitrogens with one attached hydrogen (secondary N) is 1. The van der Waals surface area contributed by atoms with Crippen molar-refractivity contribution < 1.29 is 0 Å². The summed E-state index contributed by atoms with van der Waals surface area (Å²) in [4.78, 5) is 2.63. The summed E-state index contributed by atoms with van der Waals surface area (Å²) in [5, 5.41) is 3.56. The van der Waals surface area contributed by atoms with Gasteiger partial charge in [-0.2, -0.15) is 0 Å². The zero-order valence-corrected chi connectivity index (χ0v) is 8.21. The maximum absolute atomic E-state index is 3.56. The molecule has 0 amide bonds. The van der Waals surface area contributed by atoms with Crippen LogP contribution in [0.3, 0.4) is 0 Å². The van der Waals surface area contributed by atoms with Crippen molar-refractivity contribution in [1.29, 1.82) is 0 Å². The van der Waals surface area contributed by atoms with Gasteiger partial charge in [0.05, 0.1) is 0 Å². The average Bonchev–Trinajstić information content (AvgIpc) is 2.68. The van der Waals surface area contributed by atoms with E-state index in [-0.39, 0.29) is 0 Å². The van der Waals surface area contributed by atoms with Gasteiger partial charge in [0.25, 0.3) is 0 Å². The van der Waals surface area contributed by atoms with E-state index in [9.17, 15) is 0 Å². The zero-order chi connectivity index (χ0) is 8.55. The van der Waals surface area contributed by atoms with Crippen molar-refractivity contribution in [1.82, 2.24) is 10.2 Å². The van der Waals surface area contributed by atoms with E-state index >= 15 is 0 Å². The van der Waals surface area contributed by atoms with Crippen LogP contribution in [0.15, 0.2) is 0 Å². The fourth-order valence-corrected chi connectivity index (χ4v) is 2.25. The Bertz CT molecular complexity index is 141. The molecule has 2 nitrogen and oxygen atoms in total. The van der Waals surface area contributed by atoms with Crippen LogP contribution in [-0.2, 0) is 0 Å². The summed E-state index contributed by atoms with van der Waals surface area (Å²) in [6.07, 6.45) is 2.96. The largest absolute Gasteiger partial charge is 0.309 e. The van der Waals surface area contributed by atoms with Crippen LogP contribution in [-0.4, -0.2) is 36.6 Å². The summed E-state index contributed by atoms with van der Waals surface area (Å²) in [5.74, 6) is 1.04. The lowest BCUT2D eigenvalue weighted by molar-refractivity contribution is 0.167. The van der Waals surface area contributed by atoms with Crippen molar-refractivity contribution in [3.05, 3.63) is 0 Å². The molecule has 2 fully saturated rings. The molecule has 70 valence electrons. The predicted octanol–water partition coefficient (Wildman–Crippen LogP) is 1.08. The van der Waals surface area contributed by atoms with Crippen LogP contribution >= 0.6 is 0 Å². The highest BCUT2D eigenvalue weighted by molar-refractivity contribution is 4.85. The van der Waals surface area contributed by atoms with Crippen molar-refractivity contribution in [3.8, 4) is 0 Å². The highest BCUT2D eigenvalue weighted by Crippen LogP contribution is 2.30. The van der Waals surface area contributed by atoms with E-state index in [0.29, 0.717) is 12.1 Å². The molecule has 1 heterocycles. The Labute approximate surface area is 75.3 Å². The standard InChI is InChI=1S/C10H20N2/c1-8-5-12(6-9(2)11-8)7-10-3-4-10/h8-11H,3-7H2,1-2H3. The van der Waals surface area contributed by atoms with Crippen LogP contribution < -0.4 is 5.32 Å². The van der Waals surface area contributed by atoms with Crippen LogP contribution in [0.4, 0.5) is 0 Å². The first-order chi connectivity index (χ1) is 5.74. The van der Waals surface area contributed by atoms with Crippen molar-refractivity contribution in [3.63, 3.8) is 0 Å². The molecule has 2 aliphatic rings. The van der Waals surface area contributed by atoms with E-state index in [2.05, 4.69) is 24.1 Å². The third-order valence-corrected chi connectivity index (χ3v) is 2.85. The Morgan fingerprint density at radius 3 is 2.25 bits per heavy atom. The first kappa shape index (κ1) is 8.52. The maximum Gasteiger partial charge on any atom is 0.0169 e. The summed E-state index contributed by atoms with van der Waals surface area (Å²) >= 11 is 0. The van der Waals surface area contributed by atoms with Crippen molar-refractivity contribution >= 4 is 0 Å². The molecule has 0 aromatic carbocycles. The van der Waals surface area contributed by atoms with Crippen LogP contribution in [0, 0.1) is 5.92 Å². The normalized spacial score (nSPS) is 38.5. The molecule has 0 radical (unpaired) electrons. The summed E-state index contributed by atoms with van der Waals surface area (Å²) in [5.41, 5.74) is 0. The highest BCUT2D eigenvalue weighted by Gasteiger charge is 2.27. The second-order valence-corrected chi connectivity index (χ2v) is 4.63. The third kappa shape index (κ3) is 2.20. The molecule has 0 aromatic heterocycles. The number of hydrogen-bond donors (Lipinski definition) is 1. The first-order valence-corrected chi connectivity index (χ1v) is 5.22. The average molecular weight is 168 g/mol. The molecule has 0 bridgehead atoms. The molecule has 2 rings (SSSR count). The minimum atomic E-state index is 0.687. The lowest BCUT2D eigenvalue weighted by Gasteiger charge is -2.36. The Morgan fingerprint density at radius 2 is 1.75 bits per heavy atom. The predicted molar refractivity (Wildman–Crippen MR) is 51.2 cm³/mol. The smallest absolute Gasteiger partial charge is 0.0169 e. The molecule has 12 heavy (non-hydrogen) atoms. The molecule has 2 heteroatoms.